The minimum Gasteiger partial charge on any atom is -0.505 e. The first kappa shape index (κ1) is 22.3. The van der Waals surface area contributed by atoms with Gasteiger partial charge in [-0.05, 0) is 42.8 Å². The summed E-state index contributed by atoms with van der Waals surface area (Å²) in [6, 6.07) is 8.39. The summed E-state index contributed by atoms with van der Waals surface area (Å²) in [5.41, 5.74) is 1.34. The maximum absolute atomic E-state index is 14.1. The van der Waals surface area contributed by atoms with Crippen LogP contribution in [0.3, 0.4) is 0 Å². The van der Waals surface area contributed by atoms with Crippen LogP contribution in [0.25, 0.3) is 10.9 Å². The minimum atomic E-state index is -1.04. The summed E-state index contributed by atoms with van der Waals surface area (Å²) < 4.78 is 15.4. The number of hydrogen-bond donors (Lipinski definition) is 3. The van der Waals surface area contributed by atoms with E-state index in [1.165, 1.54) is 29.7 Å². The molecule has 1 atom stereocenters. The molecule has 0 radical (unpaired) electrons. The molecule has 0 aliphatic heterocycles. The maximum Gasteiger partial charge on any atom is 0.308 e. The molecule has 0 saturated heterocycles. The van der Waals surface area contributed by atoms with Gasteiger partial charge in [0.1, 0.15) is 0 Å². The van der Waals surface area contributed by atoms with Gasteiger partial charge in [-0.1, -0.05) is 18.5 Å². The van der Waals surface area contributed by atoms with E-state index in [9.17, 15) is 23.9 Å². The molecule has 0 spiro atoms. The molecule has 3 rings (SSSR count). The lowest BCUT2D eigenvalue weighted by Crippen LogP contribution is -2.32. The van der Waals surface area contributed by atoms with E-state index in [0.717, 1.165) is 6.07 Å². The molecule has 7 nitrogen and oxygen atoms in total. The largest absolute Gasteiger partial charge is 0.505 e. The Morgan fingerprint density at radius 1 is 1.19 bits per heavy atom. The van der Waals surface area contributed by atoms with Gasteiger partial charge in [0.25, 0.3) is 5.91 Å². The maximum atomic E-state index is 14.1. The van der Waals surface area contributed by atoms with Gasteiger partial charge in [-0.3, -0.25) is 19.0 Å². The third-order valence-corrected chi connectivity index (χ3v) is 5.31. The Morgan fingerprint density at radius 2 is 1.84 bits per heavy atom. The van der Waals surface area contributed by atoms with E-state index < -0.39 is 35.3 Å². The number of phenolic OH excluding ortho intramolecular Hbond substituents is 1. The Morgan fingerprint density at radius 3 is 2.45 bits per heavy atom. The van der Waals surface area contributed by atoms with E-state index in [-0.39, 0.29) is 18.5 Å². The van der Waals surface area contributed by atoms with Gasteiger partial charge in [0.15, 0.2) is 11.6 Å². The van der Waals surface area contributed by atoms with Crippen molar-refractivity contribution in [2.24, 2.45) is 5.92 Å². The number of fused-ring (bicyclic) bond motifs is 1. The Bertz CT molecular complexity index is 1190. The van der Waals surface area contributed by atoms with Crippen LogP contribution in [0.15, 0.2) is 36.4 Å². The number of aliphatic carboxylic acids is 1. The zero-order valence-electron chi connectivity index (χ0n) is 16.8. The monoisotopic (exact) mass is 446 g/mol. The van der Waals surface area contributed by atoms with Crippen LogP contribution in [-0.4, -0.2) is 39.1 Å². The van der Waals surface area contributed by atoms with Crippen molar-refractivity contribution in [1.29, 1.82) is 0 Å². The van der Waals surface area contributed by atoms with E-state index in [2.05, 4.69) is 5.32 Å². The van der Waals surface area contributed by atoms with Crippen LogP contribution in [0.5, 0.6) is 5.75 Å². The molecule has 0 aliphatic rings. The van der Waals surface area contributed by atoms with Crippen LogP contribution >= 0.6 is 11.6 Å². The van der Waals surface area contributed by atoms with Crippen molar-refractivity contribution in [2.75, 3.05) is 6.54 Å². The fourth-order valence-electron chi connectivity index (χ4n) is 3.27. The summed E-state index contributed by atoms with van der Waals surface area (Å²) in [4.78, 5) is 36.5. The number of aromatic nitrogens is 1. The average Bonchev–Trinajstić information content (AvgIpc) is 2.97. The fraction of sp³-hybridized carbons (Fsp3) is 0.227. The van der Waals surface area contributed by atoms with Gasteiger partial charge >= 0.3 is 5.97 Å². The predicted octanol–water partition coefficient (Wildman–Crippen LogP) is 3.52. The lowest BCUT2D eigenvalue weighted by molar-refractivity contribution is -0.141. The average molecular weight is 447 g/mol. The second-order valence-corrected chi connectivity index (χ2v) is 7.69. The van der Waals surface area contributed by atoms with Crippen LogP contribution in [0, 0.1) is 18.7 Å². The van der Waals surface area contributed by atoms with Gasteiger partial charge in [0.05, 0.1) is 17.9 Å². The molecule has 162 valence electrons. The summed E-state index contributed by atoms with van der Waals surface area (Å²) in [5.74, 6) is -4.22. The van der Waals surface area contributed by atoms with Gasteiger partial charge in [0, 0.05) is 34.3 Å². The zero-order chi connectivity index (χ0) is 22.9. The highest BCUT2D eigenvalue weighted by Gasteiger charge is 2.23. The Balaban J connectivity index is 2.04. The smallest absolute Gasteiger partial charge is 0.308 e. The molecule has 0 saturated carbocycles. The number of carboxylic acids is 1. The van der Waals surface area contributed by atoms with Crippen molar-refractivity contribution in [3.05, 3.63) is 64.1 Å². The molecular weight excluding hydrogens is 427 g/mol. The number of carbonyl (C=O) groups is 3. The number of carbonyl (C=O) groups excluding carboxylic acids is 2. The second-order valence-electron chi connectivity index (χ2n) is 7.25. The van der Waals surface area contributed by atoms with E-state index in [1.54, 1.807) is 19.1 Å². The summed E-state index contributed by atoms with van der Waals surface area (Å²) in [5, 5.41) is 22.1. The quantitative estimate of drug-likeness (QED) is 0.537. The summed E-state index contributed by atoms with van der Waals surface area (Å²) in [7, 11) is 0. The molecule has 0 fully saturated rings. The number of halogens is 2. The summed E-state index contributed by atoms with van der Waals surface area (Å²) >= 11 is 5.88. The lowest BCUT2D eigenvalue weighted by Gasteiger charge is -2.09. The molecule has 1 amide bonds. The van der Waals surface area contributed by atoms with Crippen LogP contribution in [0.2, 0.25) is 5.02 Å². The Kier molecular flexibility index (Phi) is 6.31. The number of benzene rings is 2. The predicted molar refractivity (Wildman–Crippen MR) is 113 cm³/mol. The summed E-state index contributed by atoms with van der Waals surface area (Å²) in [6.07, 6.45) is -0.180. The van der Waals surface area contributed by atoms with Crippen LogP contribution in [-0.2, 0) is 16.0 Å². The zero-order valence-corrected chi connectivity index (χ0v) is 17.5. The molecule has 0 aliphatic carbocycles. The number of amides is 1. The molecule has 3 N–H and O–H groups in total. The number of phenols is 1. The SMILES string of the molecule is Cc1c(CC(=O)NCC(C)C(=O)O)c2cc(O)c(F)cc2n1C(=O)c1ccc(Cl)cc1. The van der Waals surface area contributed by atoms with Crippen molar-refractivity contribution in [2.45, 2.75) is 20.3 Å². The standard InChI is InChI=1S/C22H20ClFN2O5/c1-11(22(30)31)10-25-20(28)8-15-12(2)26(18-9-17(24)19(27)7-16(15)18)21(29)13-3-5-14(23)6-4-13/h3-7,9,11,27H,8,10H2,1-2H3,(H,25,28)(H,30,31). The molecule has 2 aromatic carbocycles. The Labute approximate surface area is 182 Å². The third-order valence-electron chi connectivity index (χ3n) is 5.06. The van der Waals surface area contributed by atoms with E-state index in [4.69, 9.17) is 16.7 Å². The van der Waals surface area contributed by atoms with Gasteiger partial charge < -0.3 is 15.5 Å². The van der Waals surface area contributed by atoms with Crippen LogP contribution in [0.1, 0.15) is 28.5 Å². The highest BCUT2D eigenvalue weighted by Crippen LogP contribution is 2.32. The number of hydrogen-bond acceptors (Lipinski definition) is 4. The van der Waals surface area contributed by atoms with E-state index in [0.29, 0.717) is 27.2 Å². The number of aromatic hydroxyl groups is 1. The first-order chi connectivity index (χ1) is 14.6. The number of carboxylic acid groups (broad SMARTS) is 1. The van der Waals surface area contributed by atoms with Gasteiger partial charge in [-0.2, -0.15) is 0 Å². The number of nitrogens with one attached hydrogen (secondary N) is 1. The lowest BCUT2D eigenvalue weighted by atomic mass is 10.1. The second kappa shape index (κ2) is 8.77. The third kappa shape index (κ3) is 4.54. The highest BCUT2D eigenvalue weighted by molar-refractivity contribution is 6.30. The van der Waals surface area contributed by atoms with E-state index in [1.807, 2.05) is 0 Å². The molecule has 1 unspecified atom stereocenters. The van der Waals surface area contributed by atoms with E-state index >= 15 is 0 Å². The molecule has 9 heteroatoms. The number of nitrogens with zero attached hydrogens (tertiary/aromatic N) is 1. The molecule has 1 heterocycles. The van der Waals surface area contributed by atoms with Gasteiger partial charge in [-0.25, -0.2) is 4.39 Å². The van der Waals surface area contributed by atoms with Gasteiger partial charge in [0.2, 0.25) is 5.91 Å². The van der Waals surface area contributed by atoms with Crippen molar-refractivity contribution in [3.8, 4) is 5.75 Å². The molecule has 3 aromatic rings. The number of rotatable bonds is 6. The summed E-state index contributed by atoms with van der Waals surface area (Å²) in [6.45, 7) is 3.02. The minimum absolute atomic E-state index is 0.0601. The molecule has 1 aromatic heterocycles. The first-order valence-corrected chi connectivity index (χ1v) is 9.80. The molecular formula is C22H20ClFN2O5. The Hall–Kier alpha value is -3.39. The first-order valence-electron chi connectivity index (χ1n) is 9.42. The molecule has 0 bridgehead atoms. The fourth-order valence-corrected chi connectivity index (χ4v) is 3.40. The highest BCUT2D eigenvalue weighted by atomic mass is 35.5. The van der Waals surface area contributed by atoms with Crippen molar-refractivity contribution < 1.29 is 29.0 Å². The van der Waals surface area contributed by atoms with Crippen molar-refractivity contribution >= 4 is 40.3 Å². The van der Waals surface area contributed by atoms with Crippen LogP contribution in [0.4, 0.5) is 4.39 Å². The van der Waals surface area contributed by atoms with Gasteiger partial charge in [-0.15, -0.1) is 0 Å². The van der Waals surface area contributed by atoms with Crippen molar-refractivity contribution in [1.82, 2.24) is 9.88 Å². The van der Waals surface area contributed by atoms with Crippen molar-refractivity contribution in [3.63, 3.8) is 0 Å². The molecule has 31 heavy (non-hydrogen) atoms. The van der Waals surface area contributed by atoms with Crippen LogP contribution < -0.4 is 5.32 Å². The topological polar surface area (TPSA) is 109 Å². The normalized spacial score (nSPS) is 12.0.